The van der Waals surface area contributed by atoms with Crippen LogP contribution in [-0.2, 0) is 9.59 Å². The van der Waals surface area contributed by atoms with E-state index >= 15 is 0 Å². The molecule has 1 amide bonds. The summed E-state index contributed by atoms with van der Waals surface area (Å²) in [7, 11) is 0. The summed E-state index contributed by atoms with van der Waals surface area (Å²) in [6.45, 7) is 0.817. The van der Waals surface area contributed by atoms with E-state index in [0.717, 1.165) is 38.5 Å². The molecule has 2 fully saturated rings. The molecule has 2 aliphatic carbocycles. The van der Waals surface area contributed by atoms with E-state index in [1.54, 1.807) is 0 Å². The topological polar surface area (TPSA) is 92.4 Å². The van der Waals surface area contributed by atoms with Crippen molar-refractivity contribution in [1.29, 1.82) is 0 Å². The maximum Gasteiger partial charge on any atom is 0.311 e. The first kappa shape index (κ1) is 15.3. The van der Waals surface area contributed by atoms with Gasteiger partial charge in [0, 0.05) is 12.5 Å². The van der Waals surface area contributed by atoms with Crippen molar-refractivity contribution in [1.82, 2.24) is 5.32 Å². The molecule has 0 aromatic heterocycles. The number of aliphatic carboxylic acids is 1. The standard InChI is InChI=1S/C15H26N2O3/c16-9-11-5-1-2-6-12(11)13(18)17-10-15(14(19)20)7-3-4-8-15/h11-12H,1-10,16H2,(H,17,18)(H,19,20). The highest BCUT2D eigenvalue weighted by Crippen LogP contribution is 2.38. The number of carbonyl (C=O) groups is 2. The van der Waals surface area contributed by atoms with Crippen LogP contribution < -0.4 is 11.1 Å². The van der Waals surface area contributed by atoms with Gasteiger partial charge in [-0.25, -0.2) is 0 Å². The van der Waals surface area contributed by atoms with Crippen molar-refractivity contribution in [2.45, 2.75) is 51.4 Å². The van der Waals surface area contributed by atoms with Crippen molar-refractivity contribution < 1.29 is 14.7 Å². The lowest BCUT2D eigenvalue weighted by atomic mass is 9.78. The molecule has 0 spiro atoms. The van der Waals surface area contributed by atoms with Gasteiger partial charge in [0.25, 0.3) is 0 Å². The van der Waals surface area contributed by atoms with Gasteiger partial charge in [-0.2, -0.15) is 0 Å². The number of carbonyl (C=O) groups excluding carboxylic acids is 1. The van der Waals surface area contributed by atoms with E-state index < -0.39 is 11.4 Å². The predicted octanol–water partition coefficient (Wildman–Crippen LogP) is 1.51. The van der Waals surface area contributed by atoms with Crippen LogP contribution in [0.4, 0.5) is 0 Å². The highest BCUT2D eigenvalue weighted by molar-refractivity contribution is 5.81. The van der Waals surface area contributed by atoms with Crippen molar-refractivity contribution >= 4 is 11.9 Å². The van der Waals surface area contributed by atoms with Gasteiger partial charge in [0.05, 0.1) is 5.41 Å². The quantitative estimate of drug-likeness (QED) is 0.712. The fraction of sp³-hybridized carbons (Fsp3) is 0.867. The Balaban J connectivity index is 1.92. The Bertz CT molecular complexity index is 364. The predicted molar refractivity (Wildman–Crippen MR) is 76.0 cm³/mol. The molecule has 5 nitrogen and oxygen atoms in total. The molecule has 2 atom stereocenters. The maximum atomic E-state index is 12.3. The van der Waals surface area contributed by atoms with Crippen LogP contribution in [-0.4, -0.2) is 30.1 Å². The van der Waals surface area contributed by atoms with Gasteiger partial charge < -0.3 is 16.2 Å². The van der Waals surface area contributed by atoms with Crippen LogP contribution in [0, 0.1) is 17.3 Å². The van der Waals surface area contributed by atoms with Crippen LogP contribution in [0.3, 0.4) is 0 Å². The molecular weight excluding hydrogens is 256 g/mol. The van der Waals surface area contributed by atoms with Gasteiger partial charge in [0.15, 0.2) is 0 Å². The first-order valence-electron chi connectivity index (χ1n) is 7.80. The Hall–Kier alpha value is -1.10. The van der Waals surface area contributed by atoms with Crippen LogP contribution in [0.15, 0.2) is 0 Å². The van der Waals surface area contributed by atoms with Crippen molar-refractivity contribution in [3.05, 3.63) is 0 Å². The second kappa shape index (κ2) is 6.57. The number of hydrogen-bond donors (Lipinski definition) is 3. The monoisotopic (exact) mass is 282 g/mol. The first-order valence-corrected chi connectivity index (χ1v) is 7.80. The fourth-order valence-corrected chi connectivity index (χ4v) is 3.74. The van der Waals surface area contributed by atoms with Crippen LogP contribution in [0.2, 0.25) is 0 Å². The fourth-order valence-electron chi connectivity index (χ4n) is 3.74. The lowest BCUT2D eigenvalue weighted by Gasteiger charge is -2.31. The van der Waals surface area contributed by atoms with E-state index in [2.05, 4.69) is 5.32 Å². The Kier molecular flexibility index (Phi) is 5.02. The Morgan fingerprint density at radius 2 is 1.80 bits per heavy atom. The molecule has 4 N–H and O–H groups in total. The van der Waals surface area contributed by atoms with Gasteiger partial charge in [0.1, 0.15) is 0 Å². The molecular formula is C15H26N2O3. The lowest BCUT2D eigenvalue weighted by molar-refractivity contribution is -0.148. The highest BCUT2D eigenvalue weighted by Gasteiger charge is 2.42. The summed E-state index contributed by atoms with van der Waals surface area (Å²) in [6, 6.07) is 0. The molecule has 0 heterocycles. The molecule has 0 aliphatic heterocycles. The second-order valence-electron chi connectivity index (χ2n) is 6.40. The Morgan fingerprint density at radius 3 is 2.40 bits per heavy atom. The van der Waals surface area contributed by atoms with Crippen LogP contribution >= 0.6 is 0 Å². The van der Waals surface area contributed by atoms with Crippen LogP contribution in [0.1, 0.15) is 51.4 Å². The zero-order valence-corrected chi connectivity index (χ0v) is 12.1. The molecule has 0 radical (unpaired) electrons. The minimum Gasteiger partial charge on any atom is -0.481 e. The number of nitrogens with two attached hydrogens (primary N) is 1. The third-order valence-corrected chi connectivity index (χ3v) is 5.16. The summed E-state index contributed by atoms with van der Waals surface area (Å²) >= 11 is 0. The first-order chi connectivity index (χ1) is 9.59. The van der Waals surface area contributed by atoms with Crippen molar-refractivity contribution in [3.8, 4) is 0 Å². The zero-order chi connectivity index (χ0) is 14.6. The van der Waals surface area contributed by atoms with Crippen molar-refractivity contribution in [3.63, 3.8) is 0 Å². The maximum absolute atomic E-state index is 12.3. The van der Waals surface area contributed by atoms with Crippen LogP contribution in [0.5, 0.6) is 0 Å². The van der Waals surface area contributed by atoms with E-state index in [1.807, 2.05) is 0 Å². The van der Waals surface area contributed by atoms with Crippen molar-refractivity contribution in [2.24, 2.45) is 23.0 Å². The minimum absolute atomic E-state index is 0.00711. The third-order valence-electron chi connectivity index (χ3n) is 5.16. The van der Waals surface area contributed by atoms with Crippen LogP contribution in [0.25, 0.3) is 0 Å². The number of carboxylic acids is 1. The molecule has 2 unspecified atom stereocenters. The van der Waals surface area contributed by atoms with E-state index in [1.165, 1.54) is 0 Å². The van der Waals surface area contributed by atoms with Gasteiger partial charge >= 0.3 is 5.97 Å². The molecule has 2 saturated carbocycles. The molecule has 20 heavy (non-hydrogen) atoms. The van der Waals surface area contributed by atoms with Gasteiger partial charge in [-0.3, -0.25) is 9.59 Å². The third kappa shape index (κ3) is 3.14. The number of rotatable bonds is 5. The average Bonchev–Trinajstić information content (AvgIpc) is 2.95. The number of amides is 1. The summed E-state index contributed by atoms with van der Waals surface area (Å²) in [4.78, 5) is 23.8. The van der Waals surface area contributed by atoms with Gasteiger partial charge in [-0.05, 0) is 38.1 Å². The molecule has 2 aliphatic rings. The summed E-state index contributed by atoms with van der Waals surface area (Å²) in [5.74, 6) is -0.531. The van der Waals surface area contributed by atoms with E-state index in [4.69, 9.17) is 5.73 Å². The Labute approximate surface area is 120 Å². The van der Waals surface area contributed by atoms with Gasteiger partial charge in [0.2, 0.25) is 5.91 Å². The van der Waals surface area contributed by atoms with Gasteiger partial charge in [-0.15, -0.1) is 0 Å². The number of nitrogens with one attached hydrogen (secondary N) is 1. The lowest BCUT2D eigenvalue weighted by Crippen LogP contribution is -2.45. The van der Waals surface area contributed by atoms with Gasteiger partial charge in [-0.1, -0.05) is 25.7 Å². The highest BCUT2D eigenvalue weighted by atomic mass is 16.4. The minimum atomic E-state index is -0.769. The van der Waals surface area contributed by atoms with Crippen molar-refractivity contribution in [2.75, 3.05) is 13.1 Å². The molecule has 0 aromatic carbocycles. The van der Waals surface area contributed by atoms with E-state index in [-0.39, 0.29) is 24.3 Å². The summed E-state index contributed by atoms with van der Waals surface area (Å²) in [5, 5.41) is 12.3. The van der Waals surface area contributed by atoms with E-state index in [9.17, 15) is 14.7 Å². The molecule has 0 saturated heterocycles. The summed E-state index contributed by atoms with van der Waals surface area (Å²) in [5.41, 5.74) is 5.02. The number of hydrogen-bond acceptors (Lipinski definition) is 3. The number of carboxylic acid groups (broad SMARTS) is 1. The smallest absolute Gasteiger partial charge is 0.311 e. The SMILES string of the molecule is NCC1CCCCC1C(=O)NCC1(C(=O)O)CCCC1. The summed E-state index contributed by atoms with van der Waals surface area (Å²) in [6.07, 6.45) is 7.34. The van der Waals surface area contributed by atoms with E-state index in [0.29, 0.717) is 19.4 Å². The molecule has 0 bridgehead atoms. The molecule has 0 aromatic rings. The molecule has 5 heteroatoms. The summed E-state index contributed by atoms with van der Waals surface area (Å²) < 4.78 is 0. The zero-order valence-electron chi connectivity index (χ0n) is 12.1. The molecule has 2 rings (SSSR count). The second-order valence-corrected chi connectivity index (χ2v) is 6.40. The largest absolute Gasteiger partial charge is 0.481 e. The normalized spacial score (nSPS) is 29.1. The Morgan fingerprint density at radius 1 is 1.15 bits per heavy atom. The molecule has 114 valence electrons. The average molecular weight is 282 g/mol.